The van der Waals surface area contributed by atoms with E-state index in [0.29, 0.717) is 0 Å². The van der Waals surface area contributed by atoms with Gasteiger partial charge in [0.1, 0.15) is 0 Å². The predicted molar refractivity (Wildman–Crippen MR) is 73.4 cm³/mol. The summed E-state index contributed by atoms with van der Waals surface area (Å²) in [5, 5.41) is 3.06. The second-order valence-electron chi connectivity index (χ2n) is 5.13. The zero-order chi connectivity index (χ0) is 12.8. The predicted octanol–water partition coefficient (Wildman–Crippen LogP) is 1.69. The van der Waals surface area contributed by atoms with E-state index in [1.165, 1.54) is 5.56 Å². The van der Waals surface area contributed by atoms with Gasteiger partial charge in [-0.3, -0.25) is 4.79 Å². The lowest BCUT2D eigenvalue weighted by Gasteiger charge is -2.28. The highest BCUT2D eigenvalue weighted by atomic mass is 16.1. The number of carbonyl (C=O) groups is 1. The van der Waals surface area contributed by atoms with Crippen LogP contribution >= 0.6 is 0 Å². The fourth-order valence-corrected chi connectivity index (χ4v) is 2.50. The van der Waals surface area contributed by atoms with Crippen LogP contribution in [0.2, 0.25) is 0 Å². The Morgan fingerprint density at radius 3 is 2.89 bits per heavy atom. The van der Waals surface area contributed by atoms with Crippen molar-refractivity contribution in [3.05, 3.63) is 35.9 Å². The van der Waals surface area contributed by atoms with Crippen molar-refractivity contribution in [3.8, 4) is 0 Å². The molecule has 1 aromatic carbocycles. The number of hydrogen-bond acceptors (Lipinski definition) is 2. The topological polar surface area (TPSA) is 32.3 Å². The molecule has 0 unspecified atom stereocenters. The molecule has 1 fully saturated rings. The van der Waals surface area contributed by atoms with E-state index >= 15 is 0 Å². The number of nitrogens with zero attached hydrogens (tertiary/aromatic N) is 1. The summed E-state index contributed by atoms with van der Waals surface area (Å²) in [6.45, 7) is 2.76. The quantitative estimate of drug-likeness (QED) is 0.877. The second-order valence-corrected chi connectivity index (χ2v) is 5.13. The molecular formula is C15H22N2O. The molecule has 1 atom stereocenters. The Kier molecular flexibility index (Phi) is 4.76. The first-order chi connectivity index (χ1) is 8.75. The van der Waals surface area contributed by atoms with Gasteiger partial charge < -0.3 is 10.2 Å². The molecule has 1 saturated heterocycles. The molecule has 1 aromatic rings. The minimum absolute atomic E-state index is 0.180. The van der Waals surface area contributed by atoms with E-state index in [1.807, 2.05) is 18.2 Å². The first-order valence-electron chi connectivity index (χ1n) is 6.76. The number of amides is 1. The van der Waals surface area contributed by atoms with Crippen LogP contribution in [-0.4, -0.2) is 37.5 Å². The zero-order valence-electron chi connectivity index (χ0n) is 11.1. The van der Waals surface area contributed by atoms with Gasteiger partial charge in [-0.05, 0) is 38.4 Å². The zero-order valence-corrected chi connectivity index (χ0v) is 11.1. The lowest BCUT2D eigenvalue weighted by atomic mass is 9.97. The SMILES string of the molecule is CN1CCC[C@@H](C(=O)NCCc2ccccc2)C1. The standard InChI is InChI=1S/C15H22N2O/c1-17-11-5-8-14(12-17)15(18)16-10-9-13-6-3-2-4-7-13/h2-4,6-7,14H,5,8-12H2,1H3,(H,16,18)/t14-/m1/s1. The van der Waals surface area contributed by atoms with E-state index in [1.54, 1.807) is 0 Å². The van der Waals surface area contributed by atoms with Crippen LogP contribution in [0.25, 0.3) is 0 Å². The van der Waals surface area contributed by atoms with E-state index in [0.717, 1.165) is 38.9 Å². The van der Waals surface area contributed by atoms with Crippen molar-refractivity contribution < 1.29 is 4.79 Å². The second kappa shape index (κ2) is 6.55. The molecule has 3 nitrogen and oxygen atoms in total. The van der Waals surface area contributed by atoms with Gasteiger partial charge in [0.05, 0.1) is 5.92 Å². The average Bonchev–Trinajstić information content (AvgIpc) is 2.40. The van der Waals surface area contributed by atoms with Gasteiger partial charge in [0.25, 0.3) is 0 Å². The lowest BCUT2D eigenvalue weighted by molar-refractivity contribution is -0.126. The van der Waals surface area contributed by atoms with Gasteiger partial charge in [-0.15, -0.1) is 0 Å². The van der Waals surface area contributed by atoms with E-state index in [4.69, 9.17) is 0 Å². The Morgan fingerprint density at radius 1 is 1.39 bits per heavy atom. The fourth-order valence-electron chi connectivity index (χ4n) is 2.50. The molecule has 0 bridgehead atoms. The van der Waals surface area contributed by atoms with Gasteiger partial charge in [-0.25, -0.2) is 0 Å². The Morgan fingerprint density at radius 2 is 2.17 bits per heavy atom. The number of likely N-dealkylation sites (tertiary alicyclic amines) is 1. The number of hydrogen-bond donors (Lipinski definition) is 1. The van der Waals surface area contributed by atoms with Crippen LogP contribution in [0.1, 0.15) is 18.4 Å². The number of nitrogens with one attached hydrogen (secondary N) is 1. The number of benzene rings is 1. The molecule has 1 aliphatic rings. The molecule has 0 saturated carbocycles. The van der Waals surface area contributed by atoms with Crippen molar-refractivity contribution in [1.82, 2.24) is 10.2 Å². The van der Waals surface area contributed by atoms with Crippen LogP contribution in [0.15, 0.2) is 30.3 Å². The first-order valence-corrected chi connectivity index (χ1v) is 6.76. The van der Waals surface area contributed by atoms with Gasteiger partial charge in [0, 0.05) is 13.1 Å². The summed E-state index contributed by atoms with van der Waals surface area (Å²) < 4.78 is 0. The molecule has 1 aliphatic heterocycles. The van der Waals surface area contributed by atoms with E-state index in [9.17, 15) is 4.79 Å². The van der Waals surface area contributed by atoms with Crippen molar-refractivity contribution in [3.63, 3.8) is 0 Å². The normalized spacial score (nSPS) is 20.6. The fraction of sp³-hybridized carbons (Fsp3) is 0.533. The average molecular weight is 246 g/mol. The Hall–Kier alpha value is -1.35. The van der Waals surface area contributed by atoms with Crippen molar-refractivity contribution in [2.24, 2.45) is 5.92 Å². The molecular weight excluding hydrogens is 224 g/mol. The Bertz CT molecular complexity index is 377. The molecule has 0 radical (unpaired) electrons. The molecule has 0 aromatic heterocycles. The summed E-state index contributed by atoms with van der Waals surface area (Å²) in [6, 6.07) is 10.3. The highest BCUT2D eigenvalue weighted by molar-refractivity contribution is 5.78. The minimum atomic E-state index is 0.180. The number of carbonyl (C=O) groups excluding carboxylic acids is 1. The van der Waals surface area contributed by atoms with Crippen LogP contribution in [0.3, 0.4) is 0 Å². The molecule has 18 heavy (non-hydrogen) atoms. The largest absolute Gasteiger partial charge is 0.355 e. The van der Waals surface area contributed by atoms with E-state index in [2.05, 4.69) is 29.4 Å². The van der Waals surface area contributed by atoms with E-state index in [-0.39, 0.29) is 11.8 Å². The summed E-state index contributed by atoms with van der Waals surface area (Å²) in [5.41, 5.74) is 1.28. The summed E-state index contributed by atoms with van der Waals surface area (Å²) >= 11 is 0. The van der Waals surface area contributed by atoms with Crippen LogP contribution in [-0.2, 0) is 11.2 Å². The van der Waals surface area contributed by atoms with E-state index < -0.39 is 0 Å². The smallest absolute Gasteiger partial charge is 0.224 e. The van der Waals surface area contributed by atoms with Crippen LogP contribution in [0, 0.1) is 5.92 Å². The maximum Gasteiger partial charge on any atom is 0.224 e. The summed E-state index contributed by atoms with van der Waals surface area (Å²) in [6.07, 6.45) is 3.07. The van der Waals surface area contributed by atoms with Crippen LogP contribution < -0.4 is 5.32 Å². The van der Waals surface area contributed by atoms with Crippen molar-refractivity contribution in [2.45, 2.75) is 19.3 Å². The van der Waals surface area contributed by atoms with Crippen molar-refractivity contribution in [2.75, 3.05) is 26.7 Å². The molecule has 0 spiro atoms. The summed E-state index contributed by atoms with van der Waals surface area (Å²) in [4.78, 5) is 14.2. The molecule has 2 rings (SSSR count). The van der Waals surface area contributed by atoms with Gasteiger partial charge in [0.15, 0.2) is 0 Å². The molecule has 0 aliphatic carbocycles. The third kappa shape index (κ3) is 3.84. The third-order valence-corrected chi connectivity index (χ3v) is 3.55. The minimum Gasteiger partial charge on any atom is -0.355 e. The Labute approximate surface area is 109 Å². The van der Waals surface area contributed by atoms with Crippen LogP contribution in [0.5, 0.6) is 0 Å². The van der Waals surface area contributed by atoms with Gasteiger partial charge in [-0.1, -0.05) is 30.3 Å². The summed E-state index contributed by atoms with van der Waals surface area (Å²) in [7, 11) is 2.09. The van der Waals surface area contributed by atoms with Gasteiger partial charge in [0.2, 0.25) is 5.91 Å². The highest BCUT2D eigenvalue weighted by Crippen LogP contribution is 2.14. The number of rotatable bonds is 4. The molecule has 1 N–H and O–H groups in total. The van der Waals surface area contributed by atoms with Crippen LogP contribution in [0.4, 0.5) is 0 Å². The lowest BCUT2D eigenvalue weighted by Crippen LogP contribution is -2.41. The van der Waals surface area contributed by atoms with Gasteiger partial charge in [-0.2, -0.15) is 0 Å². The highest BCUT2D eigenvalue weighted by Gasteiger charge is 2.23. The monoisotopic (exact) mass is 246 g/mol. The summed E-state index contributed by atoms with van der Waals surface area (Å²) in [5.74, 6) is 0.400. The maximum absolute atomic E-state index is 12.0. The molecule has 1 amide bonds. The maximum atomic E-state index is 12.0. The van der Waals surface area contributed by atoms with Gasteiger partial charge >= 0.3 is 0 Å². The third-order valence-electron chi connectivity index (χ3n) is 3.55. The molecule has 3 heteroatoms. The molecule has 98 valence electrons. The first kappa shape index (κ1) is 13.1. The van der Waals surface area contributed by atoms with Crippen molar-refractivity contribution in [1.29, 1.82) is 0 Å². The Balaban J connectivity index is 1.71. The number of piperidine rings is 1. The molecule has 1 heterocycles. The van der Waals surface area contributed by atoms with Crippen molar-refractivity contribution >= 4 is 5.91 Å².